The Morgan fingerprint density at radius 2 is 1.78 bits per heavy atom. The topological polar surface area (TPSA) is 55.2 Å². The fourth-order valence-electron chi connectivity index (χ4n) is 2.37. The molecular weight excluding hydrogens is 242 g/mol. The molecule has 0 amide bonds. The lowest BCUT2D eigenvalue weighted by Crippen LogP contribution is -2.31. The molecule has 6 heteroatoms. The Kier molecular flexibility index (Phi) is 3.19. The number of nitro benzene ring substituents is 1. The van der Waals surface area contributed by atoms with E-state index in [0.717, 1.165) is 37.8 Å². The molecule has 0 heterocycles. The van der Waals surface area contributed by atoms with E-state index in [1.807, 2.05) is 6.92 Å². The molecule has 0 spiro atoms. The van der Waals surface area contributed by atoms with Crippen LogP contribution in [0.25, 0.3) is 0 Å². The molecule has 0 radical (unpaired) electrons. The third-order valence-electron chi connectivity index (χ3n) is 3.37. The van der Waals surface area contributed by atoms with Crippen LogP contribution in [0.2, 0.25) is 0 Å². The van der Waals surface area contributed by atoms with Crippen molar-refractivity contribution in [2.45, 2.75) is 38.1 Å². The highest BCUT2D eigenvalue weighted by atomic mass is 19.1. The Labute approximate surface area is 103 Å². The van der Waals surface area contributed by atoms with Gasteiger partial charge in [0.1, 0.15) is 5.69 Å². The van der Waals surface area contributed by atoms with Crippen molar-refractivity contribution in [1.29, 1.82) is 0 Å². The van der Waals surface area contributed by atoms with Gasteiger partial charge in [0, 0.05) is 5.54 Å². The maximum atomic E-state index is 13.7. The highest BCUT2D eigenvalue weighted by Crippen LogP contribution is 2.35. The van der Waals surface area contributed by atoms with Gasteiger partial charge < -0.3 is 5.32 Å². The quantitative estimate of drug-likeness (QED) is 0.663. The van der Waals surface area contributed by atoms with Crippen LogP contribution in [0.3, 0.4) is 0 Å². The van der Waals surface area contributed by atoms with Gasteiger partial charge in [0.2, 0.25) is 0 Å². The summed E-state index contributed by atoms with van der Waals surface area (Å²) < 4.78 is 27.4. The predicted octanol–water partition coefficient (Wildman–Crippen LogP) is 3.62. The van der Waals surface area contributed by atoms with E-state index in [4.69, 9.17) is 0 Å². The molecule has 0 bridgehead atoms. The van der Waals surface area contributed by atoms with Crippen LogP contribution in [0.5, 0.6) is 0 Å². The average Bonchev–Trinajstić information content (AvgIpc) is 2.70. The minimum absolute atomic E-state index is 0.273. The minimum atomic E-state index is -0.921. The molecule has 18 heavy (non-hydrogen) atoms. The summed E-state index contributed by atoms with van der Waals surface area (Å²) in [6.45, 7) is 1.90. The standard InChI is InChI=1S/C12H14F2N2O2/c1-12(4-2-3-5-12)15-11-9(13)6-8(16(17)18)7-10(11)14/h6-7,15H,2-5H2,1H3. The highest BCUT2D eigenvalue weighted by molar-refractivity contribution is 5.53. The van der Waals surface area contributed by atoms with E-state index in [1.165, 1.54) is 0 Å². The number of non-ortho nitro benzene ring substituents is 1. The molecule has 1 aliphatic carbocycles. The van der Waals surface area contributed by atoms with Crippen LogP contribution in [-0.4, -0.2) is 10.5 Å². The van der Waals surface area contributed by atoms with Crippen LogP contribution in [0.1, 0.15) is 32.6 Å². The Bertz CT molecular complexity index is 462. The summed E-state index contributed by atoms with van der Waals surface area (Å²) in [6, 6.07) is 1.48. The monoisotopic (exact) mass is 256 g/mol. The first-order valence-electron chi connectivity index (χ1n) is 5.83. The van der Waals surface area contributed by atoms with Crippen molar-refractivity contribution < 1.29 is 13.7 Å². The van der Waals surface area contributed by atoms with Gasteiger partial charge in [-0.15, -0.1) is 0 Å². The Morgan fingerprint density at radius 3 is 2.22 bits per heavy atom. The summed E-state index contributed by atoms with van der Waals surface area (Å²) in [5, 5.41) is 13.3. The number of nitrogens with one attached hydrogen (secondary N) is 1. The smallest absolute Gasteiger partial charge is 0.275 e. The maximum Gasteiger partial charge on any atom is 0.275 e. The Morgan fingerprint density at radius 1 is 1.28 bits per heavy atom. The first-order valence-corrected chi connectivity index (χ1v) is 5.83. The van der Waals surface area contributed by atoms with Crippen molar-refractivity contribution >= 4 is 11.4 Å². The van der Waals surface area contributed by atoms with Gasteiger partial charge in [-0.25, -0.2) is 8.78 Å². The summed E-state index contributed by atoms with van der Waals surface area (Å²) in [5.74, 6) is -1.84. The molecule has 1 fully saturated rings. The van der Waals surface area contributed by atoms with Crippen molar-refractivity contribution in [3.8, 4) is 0 Å². The van der Waals surface area contributed by atoms with E-state index in [0.29, 0.717) is 0 Å². The fourth-order valence-corrected chi connectivity index (χ4v) is 2.37. The van der Waals surface area contributed by atoms with Crippen molar-refractivity contribution in [2.75, 3.05) is 5.32 Å². The van der Waals surface area contributed by atoms with Gasteiger partial charge in [0.05, 0.1) is 17.1 Å². The molecule has 0 aromatic heterocycles. The summed E-state index contributed by atoms with van der Waals surface area (Å²) in [4.78, 5) is 9.66. The van der Waals surface area contributed by atoms with Gasteiger partial charge in [0.25, 0.3) is 5.69 Å². The van der Waals surface area contributed by atoms with Crippen LogP contribution in [0, 0.1) is 21.7 Å². The summed E-state index contributed by atoms with van der Waals surface area (Å²) in [5.41, 5.74) is -1.19. The lowest BCUT2D eigenvalue weighted by molar-refractivity contribution is -0.385. The van der Waals surface area contributed by atoms with E-state index in [9.17, 15) is 18.9 Å². The van der Waals surface area contributed by atoms with Gasteiger partial charge in [-0.1, -0.05) is 12.8 Å². The van der Waals surface area contributed by atoms with E-state index in [2.05, 4.69) is 5.32 Å². The largest absolute Gasteiger partial charge is 0.375 e. The first-order chi connectivity index (χ1) is 8.41. The molecule has 1 aromatic carbocycles. The molecule has 1 saturated carbocycles. The highest BCUT2D eigenvalue weighted by Gasteiger charge is 2.30. The average molecular weight is 256 g/mol. The molecule has 0 atom stereocenters. The predicted molar refractivity (Wildman–Crippen MR) is 63.5 cm³/mol. The number of hydrogen-bond acceptors (Lipinski definition) is 3. The summed E-state index contributed by atoms with van der Waals surface area (Å²) >= 11 is 0. The molecule has 98 valence electrons. The second kappa shape index (κ2) is 4.51. The van der Waals surface area contributed by atoms with Crippen molar-refractivity contribution in [3.63, 3.8) is 0 Å². The van der Waals surface area contributed by atoms with Crippen LogP contribution in [0.4, 0.5) is 20.2 Å². The normalized spacial score (nSPS) is 17.7. The molecule has 1 N–H and O–H groups in total. The SMILES string of the molecule is CC1(Nc2c(F)cc([N+](=O)[O-])cc2F)CCCC1. The van der Waals surface area contributed by atoms with Crippen molar-refractivity contribution in [2.24, 2.45) is 0 Å². The lowest BCUT2D eigenvalue weighted by Gasteiger charge is -2.27. The molecular formula is C12H14F2N2O2. The molecule has 2 rings (SSSR count). The Hall–Kier alpha value is -1.72. The van der Waals surface area contributed by atoms with Crippen LogP contribution in [0.15, 0.2) is 12.1 Å². The number of anilines is 1. The minimum Gasteiger partial charge on any atom is -0.375 e. The number of hydrogen-bond donors (Lipinski definition) is 1. The lowest BCUT2D eigenvalue weighted by atomic mass is 10.00. The number of nitro groups is 1. The molecule has 1 aromatic rings. The van der Waals surface area contributed by atoms with Crippen molar-refractivity contribution in [1.82, 2.24) is 0 Å². The number of benzene rings is 1. The molecule has 0 aliphatic heterocycles. The molecule has 1 aliphatic rings. The summed E-state index contributed by atoms with van der Waals surface area (Å²) in [7, 11) is 0. The number of rotatable bonds is 3. The zero-order valence-corrected chi connectivity index (χ0v) is 10.0. The second-order valence-corrected chi connectivity index (χ2v) is 4.93. The van der Waals surface area contributed by atoms with Gasteiger partial charge >= 0.3 is 0 Å². The second-order valence-electron chi connectivity index (χ2n) is 4.93. The van der Waals surface area contributed by atoms with Gasteiger partial charge in [0.15, 0.2) is 11.6 Å². The van der Waals surface area contributed by atoms with Gasteiger partial charge in [-0.3, -0.25) is 10.1 Å². The summed E-state index contributed by atoms with van der Waals surface area (Å²) in [6.07, 6.45) is 3.70. The number of halogens is 2. The maximum absolute atomic E-state index is 13.7. The van der Waals surface area contributed by atoms with E-state index in [1.54, 1.807) is 0 Å². The first kappa shape index (κ1) is 12.7. The van der Waals surface area contributed by atoms with Crippen LogP contribution >= 0.6 is 0 Å². The third-order valence-corrected chi connectivity index (χ3v) is 3.37. The zero-order valence-electron chi connectivity index (χ0n) is 10.0. The molecule has 0 saturated heterocycles. The number of nitrogens with zero attached hydrogens (tertiary/aromatic N) is 1. The third kappa shape index (κ3) is 2.42. The molecule has 4 nitrogen and oxygen atoms in total. The van der Waals surface area contributed by atoms with E-state index in [-0.39, 0.29) is 11.2 Å². The van der Waals surface area contributed by atoms with E-state index < -0.39 is 22.2 Å². The van der Waals surface area contributed by atoms with Gasteiger partial charge in [-0.2, -0.15) is 0 Å². The zero-order chi connectivity index (χ0) is 13.3. The Balaban J connectivity index is 2.31. The van der Waals surface area contributed by atoms with Gasteiger partial charge in [-0.05, 0) is 19.8 Å². The fraction of sp³-hybridized carbons (Fsp3) is 0.500. The van der Waals surface area contributed by atoms with Crippen LogP contribution in [-0.2, 0) is 0 Å². The molecule has 0 unspecified atom stereocenters. The van der Waals surface area contributed by atoms with E-state index >= 15 is 0 Å². The van der Waals surface area contributed by atoms with Crippen LogP contribution < -0.4 is 5.32 Å². The van der Waals surface area contributed by atoms with Crippen molar-refractivity contribution in [3.05, 3.63) is 33.9 Å².